The van der Waals surface area contributed by atoms with Crippen molar-refractivity contribution in [2.24, 2.45) is 0 Å². The molecule has 0 amide bonds. The Morgan fingerprint density at radius 3 is 2.86 bits per heavy atom. The van der Waals surface area contributed by atoms with Crippen molar-refractivity contribution in [3.63, 3.8) is 0 Å². The lowest BCUT2D eigenvalue weighted by atomic mass is 10.7. The fourth-order valence-electron chi connectivity index (χ4n) is 0.526. The van der Waals surface area contributed by atoms with Gasteiger partial charge in [-0.25, -0.2) is 4.58 Å². The van der Waals surface area contributed by atoms with Crippen molar-refractivity contribution in [1.29, 1.82) is 0 Å². The van der Waals surface area contributed by atoms with Crippen LogP contribution in [0.1, 0.15) is 0 Å². The minimum atomic E-state index is 0.764. The molecule has 2 rings (SSSR count). The fourth-order valence-corrected chi connectivity index (χ4v) is 0.526. The first-order valence-corrected chi connectivity index (χ1v) is 1.99. The molecule has 3 heteroatoms. The van der Waals surface area contributed by atoms with Gasteiger partial charge in [0, 0.05) is 6.07 Å². The van der Waals surface area contributed by atoms with Gasteiger partial charge in [-0.1, -0.05) is 0 Å². The fraction of sp³-hybridized carbons (Fsp3) is 0. The van der Waals surface area contributed by atoms with Gasteiger partial charge in [-0.2, -0.15) is 4.68 Å². The first kappa shape index (κ1) is 2.96. The Labute approximate surface area is 39.0 Å². The summed E-state index contributed by atoms with van der Waals surface area (Å²) in [7, 11) is 0. The predicted octanol–water partition coefficient (Wildman–Crippen LogP) is 1.13. The second-order valence-electron chi connectivity index (χ2n) is 1.33. The Balaban J connectivity index is 3.05. The predicted molar refractivity (Wildman–Crippen MR) is 21.9 cm³/mol. The smallest absolute Gasteiger partial charge is 0.247 e. The third-order valence-corrected chi connectivity index (χ3v) is 0.880. The van der Waals surface area contributed by atoms with Crippen molar-refractivity contribution in [3.05, 3.63) is 18.3 Å². The molecule has 3 nitrogen and oxygen atoms in total. The van der Waals surface area contributed by atoms with Crippen molar-refractivity contribution in [1.82, 2.24) is 4.57 Å². The van der Waals surface area contributed by atoms with Crippen LogP contribution in [0.5, 0.6) is 0 Å². The summed E-state index contributed by atoms with van der Waals surface area (Å²) in [5.41, 5.74) is 0.764. The normalized spacial score (nSPS) is 10.9. The number of hydrogen-bond donors (Lipinski definition) is 0. The lowest BCUT2D eigenvalue weighted by molar-refractivity contribution is -0.0673. The van der Waals surface area contributed by atoms with E-state index in [-0.39, 0.29) is 0 Å². The summed E-state index contributed by atoms with van der Waals surface area (Å²) in [5.74, 6) is 0. The van der Waals surface area contributed by atoms with Crippen LogP contribution in [0.2, 0.25) is 0 Å². The average Bonchev–Trinajstić information content (AvgIpc) is 1.85. The molecule has 36 valence electrons. The molecule has 0 radical (unpaired) electrons. The van der Waals surface area contributed by atoms with Crippen LogP contribution in [0.4, 0.5) is 0 Å². The Morgan fingerprint density at radius 1 is 1.57 bits per heavy atom. The zero-order chi connectivity index (χ0) is 4.69. The van der Waals surface area contributed by atoms with Crippen molar-refractivity contribution in [3.8, 4) is 0 Å². The van der Waals surface area contributed by atoms with Gasteiger partial charge in [0.1, 0.15) is 0 Å². The summed E-state index contributed by atoms with van der Waals surface area (Å²) >= 11 is 0. The highest BCUT2D eigenvalue weighted by molar-refractivity contribution is 5.30. The monoisotopic (exact) mass is 97.0 g/mol. The molecule has 0 bridgehead atoms. The Hall–Kier alpha value is -1.12. The van der Waals surface area contributed by atoms with E-state index in [4.69, 9.17) is 0 Å². The Morgan fingerprint density at radius 2 is 2.57 bits per heavy atom. The molecule has 0 aliphatic rings. The van der Waals surface area contributed by atoms with E-state index in [1.54, 1.807) is 10.8 Å². The topological polar surface area (TPSA) is 30.7 Å². The minimum absolute atomic E-state index is 0.764. The molecule has 0 aliphatic heterocycles. The summed E-state index contributed by atoms with van der Waals surface area (Å²) in [6, 6.07) is 3.67. The van der Waals surface area contributed by atoms with Gasteiger partial charge < -0.3 is 0 Å². The maximum absolute atomic E-state index is 4.48. The summed E-state index contributed by atoms with van der Waals surface area (Å²) in [6.45, 7) is 0. The maximum atomic E-state index is 4.48. The zero-order valence-electron chi connectivity index (χ0n) is 3.50. The van der Waals surface area contributed by atoms with Gasteiger partial charge in [0.2, 0.25) is 0 Å². The van der Waals surface area contributed by atoms with E-state index < -0.39 is 0 Å². The van der Waals surface area contributed by atoms with Gasteiger partial charge in [-0.3, -0.25) is 0 Å². The van der Waals surface area contributed by atoms with Crippen LogP contribution in [0.25, 0.3) is 5.71 Å². The van der Waals surface area contributed by atoms with E-state index in [1.807, 2.05) is 12.1 Å². The lowest BCUT2D eigenvalue weighted by Gasteiger charge is -1.88. The number of fused-ring (bicyclic) bond motifs is 1. The Bertz CT molecular complexity index is 226. The van der Waals surface area contributed by atoms with Crippen LogP contribution < -0.4 is 0 Å². The molecule has 0 atom stereocenters. The van der Waals surface area contributed by atoms with Crippen molar-refractivity contribution in [2.45, 2.75) is 0 Å². The number of rotatable bonds is 0. The van der Waals surface area contributed by atoms with Gasteiger partial charge in [-0.15, -0.1) is 4.57 Å². The van der Waals surface area contributed by atoms with Crippen LogP contribution in [-0.4, -0.2) is 4.57 Å². The second kappa shape index (κ2) is 0.753. The summed E-state index contributed by atoms with van der Waals surface area (Å²) in [5, 5.41) is 0. The van der Waals surface area contributed by atoms with Crippen LogP contribution >= 0.6 is 0 Å². The van der Waals surface area contributed by atoms with Crippen LogP contribution in [0.3, 0.4) is 0 Å². The van der Waals surface area contributed by atoms with Crippen molar-refractivity contribution >= 4 is 5.71 Å². The van der Waals surface area contributed by atoms with Gasteiger partial charge >= 0.3 is 0 Å². The molecular formula is C4H3NO2. The molecule has 2 heterocycles. The summed E-state index contributed by atoms with van der Waals surface area (Å²) in [4.78, 5) is 0. The van der Waals surface area contributed by atoms with E-state index in [0.29, 0.717) is 0 Å². The standard InChI is InChI=1S/C4H3NO2/c1-2-4-5(3-1)7-6-4/h1-3H. The van der Waals surface area contributed by atoms with Gasteiger partial charge in [0.05, 0.1) is 6.20 Å². The van der Waals surface area contributed by atoms with E-state index in [2.05, 4.69) is 9.26 Å². The van der Waals surface area contributed by atoms with E-state index >= 15 is 0 Å². The molecule has 7 heavy (non-hydrogen) atoms. The Kier molecular flexibility index (Phi) is 0.318. The second-order valence-corrected chi connectivity index (χ2v) is 1.33. The number of nitrogens with zero attached hydrogens (tertiary/aromatic N) is 1. The SMILES string of the molecule is c1cc2oon2c1. The third kappa shape index (κ3) is 0.210. The molecule has 0 spiro atoms. The lowest BCUT2D eigenvalue weighted by Crippen LogP contribution is -1.80. The molecule has 0 aliphatic carbocycles. The van der Waals surface area contributed by atoms with Gasteiger partial charge in [0.15, 0.2) is 0 Å². The first-order chi connectivity index (χ1) is 3.47. The van der Waals surface area contributed by atoms with Crippen molar-refractivity contribution in [2.75, 3.05) is 0 Å². The van der Waals surface area contributed by atoms with E-state index in [9.17, 15) is 0 Å². The molecule has 0 saturated carbocycles. The molecular weight excluding hydrogens is 94.0 g/mol. The third-order valence-electron chi connectivity index (χ3n) is 0.880. The highest BCUT2D eigenvalue weighted by Crippen LogP contribution is 2.04. The molecule has 0 fully saturated rings. The van der Waals surface area contributed by atoms with Crippen LogP contribution in [0, 0.1) is 0 Å². The number of aromatic nitrogens is 1. The molecule has 0 N–H and O–H groups in total. The quantitative estimate of drug-likeness (QED) is 0.461. The molecule has 0 saturated heterocycles. The van der Waals surface area contributed by atoms with Crippen LogP contribution in [-0.2, 0) is 0 Å². The average molecular weight is 97.1 g/mol. The van der Waals surface area contributed by atoms with E-state index in [0.717, 1.165) is 5.71 Å². The van der Waals surface area contributed by atoms with Crippen molar-refractivity contribution < 1.29 is 9.26 Å². The van der Waals surface area contributed by atoms with Gasteiger partial charge in [-0.05, 0) is 6.07 Å². The maximum Gasteiger partial charge on any atom is 0.289 e. The largest absolute Gasteiger partial charge is 0.289 e. The number of hydrogen-bond acceptors (Lipinski definition) is 2. The molecule has 0 aromatic carbocycles. The van der Waals surface area contributed by atoms with Crippen LogP contribution in [0.15, 0.2) is 27.6 Å². The molecule has 0 unspecified atom stereocenters. The van der Waals surface area contributed by atoms with E-state index in [1.165, 1.54) is 0 Å². The summed E-state index contributed by atoms with van der Waals surface area (Å²) < 4.78 is 10.5. The molecule has 2 aromatic heterocycles. The van der Waals surface area contributed by atoms with Gasteiger partial charge in [0.25, 0.3) is 5.71 Å². The minimum Gasteiger partial charge on any atom is -0.247 e. The highest BCUT2D eigenvalue weighted by atomic mass is 17.0. The first-order valence-electron chi connectivity index (χ1n) is 1.99. The zero-order valence-corrected chi connectivity index (χ0v) is 3.50. The molecule has 2 aromatic rings. The summed E-state index contributed by atoms with van der Waals surface area (Å²) in [6.07, 6.45) is 1.78. The highest BCUT2D eigenvalue weighted by Gasteiger charge is 1.96.